The highest BCUT2D eigenvalue weighted by Crippen LogP contribution is 2.15. The molecule has 0 bridgehead atoms. The quantitative estimate of drug-likeness (QED) is 0.532. The molecular formula is C17H35NO2. The monoisotopic (exact) mass is 285 g/mol. The van der Waals surface area contributed by atoms with Gasteiger partial charge < -0.3 is 10.4 Å². The van der Waals surface area contributed by atoms with Gasteiger partial charge in [-0.15, -0.1) is 0 Å². The summed E-state index contributed by atoms with van der Waals surface area (Å²) in [6.45, 7) is 8.53. The van der Waals surface area contributed by atoms with E-state index in [4.69, 9.17) is 0 Å². The zero-order valence-electron chi connectivity index (χ0n) is 14.0. The van der Waals surface area contributed by atoms with Crippen molar-refractivity contribution >= 4 is 5.91 Å². The molecule has 0 heterocycles. The fourth-order valence-electron chi connectivity index (χ4n) is 2.57. The molecule has 0 spiro atoms. The zero-order chi connectivity index (χ0) is 15.4. The largest absolute Gasteiger partial charge is 0.388 e. The van der Waals surface area contributed by atoms with Crippen LogP contribution in [0.2, 0.25) is 0 Å². The number of nitrogens with one attached hydrogen (secondary N) is 1. The summed E-state index contributed by atoms with van der Waals surface area (Å²) >= 11 is 0. The van der Waals surface area contributed by atoms with Gasteiger partial charge in [-0.05, 0) is 25.7 Å². The number of carbonyl (C=O) groups is 1. The molecule has 0 fully saturated rings. The summed E-state index contributed by atoms with van der Waals surface area (Å²) < 4.78 is 0. The fraction of sp³-hybridized carbons (Fsp3) is 0.941. The number of carbonyl (C=O) groups excluding carboxylic acids is 1. The Kier molecular flexibility index (Phi) is 10.8. The van der Waals surface area contributed by atoms with E-state index in [1.165, 1.54) is 32.1 Å². The molecule has 0 saturated carbocycles. The van der Waals surface area contributed by atoms with Crippen molar-refractivity contribution in [2.75, 3.05) is 6.54 Å². The highest BCUT2D eigenvalue weighted by atomic mass is 16.3. The molecule has 0 aromatic rings. The van der Waals surface area contributed by atoms with Crippen molar-refractivity contribution in [3.63, 3.8) is 0 Å². The van der Waals surface area contributed by atoms with E-state index < -0.39 is 5.60 Å². The summed E-state index contributed by atoms with van der Waals surface area (Å²) in [4.78, 5) is 11.7. The first kappa shape index (κ1) is 19.4. The lowest BCUT2D eigenvalue weighted by molar-refractivity contribution is -0.122. The van der Waals surface area contributed by atoms with Crippen molar-refractivity contribution in [1.29, 1.82) is 0 Å². The maximum absolute atomic E-state index is 11.7. The van der Waals surface area contributed by atoms with Crippen LogP contribution in [0.1, 0.15) is 85.5 Å². The van der Waals surface area contributed by atoms with E-state index in [9.17, 15) is 9.90 Å². The Morgan fingerprint density at radius 2 is 1.65 bits per heavy atom. The van der Waals surface area contributed by atoms with Gasteiger partial charge in [0, 0.05) is 13.0 Å². The fourth-order valence-corrected chi connectivity index (χ4v) is 2.57. The second-order valence-corrected chi connectivity index (χ2v) is 6.74. The molecule has 0 aromatic heterocycles. The second-order valence-electron chi connectivity index (χ2n) is 6.74. The van der Waals surface area contributed by atoms with E-state index in [1.807, 2.05) is 0 Å². The molecule has 0 aliphatic heterocycles. The lowest BCUT2D eigenvalue weighted by Crippen LogP contribution is -2.41. The molecule has 0 aliphatic carbocycles. The third-order valence-corrected chi connectivity index (χ3v) is 3.52. The second kappa shape index (κ2) is 11.1. The van der Waals surface area contributed by atoms with Crippen LogP contribution in [-0.2, 0) is 4.79 Å². The molecule has 0 rings (SSSR count). The Labute approximate surface area is 125 Å². The molecule has 0 aromatic carbocycles. The molecule has 20 heavy (non-hydrogen) atoms. The minimum Gasteiger partial charge on any atom is -0.388 e. The summed E-state index contributed by atoms with van der Waals surface area (Å²) in [5.41, 5.74) is -0.788. The van der Waals surface area contributed by atoms with Crippen molar-refractivity contribution in [2.24, 2.45) is 5.92 Å². The van der Waals surface area contributed by atoms with Crippen LogP contribution in [0.3, 0.4) is 0 Å². The average molecular weight is 285 g/mol. The van der Waals surface area contributed by atoms with E-state index in [0.29, 0.717) is 25.3 Å². The van der Waals surface area contributed by atoms with Crippen LogP contribution in [0.25, 0.3) is 0 Å². The number of hydrogen-bond acceptors (Lipinski definition) is 2. The molecule has 2 N–H and O–H groups in total. The first-order valence-corrected chi connectivity index (χ1v) is 8.36. The number of rotatable bonds is 12. The normalized spacial score (nSPS) is 14.3. The van der Waals surface area contributed by atoms with Crippen LogP contribution < -0.4 is 5.32 Å². The number of amides is 1. The Balaban J connectivity index is 3.54. The Morgan fingerprint density at radius 3 is 2.20 bits per heavy atom. The molecule has 1 unspecified atom stereocenters. The van der Waals surface area contributed by atoms with Crippen molar-refractivity contribution in [3.05, 3.63) is 0 Å². The molecule has 1 atom stereocenters. The van der Waals surface area contributed by atoms with Gasteiger partial charge in [0.05, 0.1) is 5.60 Å². The third-order valence-electron chi connectivity index (χ3n) is 3.52. The first-order valence-electron chi connectivity index (χ1n) is 8.36. The number of aliphatic hydroxyl groups is 1. The number of hydrogen-bond donors (Lipinski definition) is 2. The maximum Gasteiger partial charge on any atom is 0.220 e. The van der Waals surface area contributed by atoms with E-state index in [1.54, 1.807) is 6.92 Å². The van der Waals surface area contributed by atoms with Gasteiger partial charge >= 0.3 is 0 Å². The molecule has 3 heteroatoms. The van der Waals surface area contributed by atoms with Crippen LogP contribution in [0.4, 0.5) is 0 Å². The Morgan fingerprint density at radius 1 is 1.10 bits per heavy atom. The van der Waals surface area contributed by atoms with Gasteiger partial charge in [-0.3, -0.25) is 4.79 Å². The summed E-state index contributed by atoms with van der Waals surface area (Å²) in [5, 5.41) is 13.0. The topological polar surface area (TPSA) is 49.3 Å². The molecule has 0 saturated heterocycles. The third kappa shape index (κ3) is 12.5. The molecule has 0 radical (unpaired) electrons. The average Bonchev–Trinajstić information content (AvgIpc) is 2.34. The van der Waals surface area contributed by atoms with Crippen LogP contribution in [0.15, 0.2) is 0 Å². The van der Waals surface area contributed by atoms with Crippen molar-refractivity contribution in [3.8, 4) is 0 Å². The smallest absolute Gasteiger partial charge is 0.220 e. The molecule has 120 valence electrons. The highest BCUT2D eigenvalue weighted by Gasteiger charge is 2.22. The lowest BCUT2D eigenvalue weighted by Gasteiger charge is -2.25. The van der Waals surface area contributed by atoms with E-state index in [-0.39, 0.29) is 5.91 Å². The highest BCUT2D eigenvalue weighted by molar-refractivity contribution is 5.75. The van der Waals surface area contributed by atoms with Crippen LogP contribution >= 0.6 is 0 Å². The van der Waals surface area contributed by atoms with Gasteiger partial charge in [0.25, 0.3) is 0 Å². The van der Waals surface area contributed by atoms with Gasteiger partial charge in [0.1, 0.15) is 0 Å². The van der Waals surface area contributed by atoms with Gasteiger partial charge in [-0.2, -0.15) is 0 Å². The molecular weight excluding hydrogens is 250 g/mol. The Bertz CT molecular complexity index is 249. The number of unbranched alkanes of at least 4 members (excludes halogenated alkanes) is 6. The summed E-state index contributed by atoms with van der Waals surface area (Å²) in [5.74, 6) is 0.507. The van der Waals surface area contributed by atoms with E-state index >= 15 is 0 Å². The summed E-state index contributed by atoms with van der Waals surface area (Å²) in [7, 11) is 0. The summed E-state index contributed by atoms with van der Waals surface area (Å²) in [6, 6.07) is 0. The minimum atomic E-state index is -0.788. The van der Waals surface area contributed by atoms with Crippen LogP contribution in [-0.4, -0.2) is 23.2 Å². The van der Waals surface area contributed by atoms with Gasteiger partial charge in [-0.25, -0.2) is 0 Å². The minimum absolute atomic E-state index is 0.0718. The van der Waals surface area contributed by atoms with E-state index in [0.717, 1.165) is 12.8 Å². The SMILES string of the molecule is CCCCCCCCCC(=O)NCC(C)(O)CC(C)C. The van der Waals surface area contributed by atoms with Crippen LogP contribution in [0, 0.1) is 5.92 Å². The summed E-state index contributed by atoms with van der Waals surface area (Å²) in [6.07, 6.45) is 9.85. The lowest BCUT2D eigenvalue weighted by atomic mass is 9.94. The van der Waals surface area contributed by atoms with Crippen LogP contribution in [0.5, 0.6) is 0 Å². The molecule has 0 aliphatic rings. The van der Waals surface area contributed by atoms with Crippen molar-refractivity contribution < 1.29 is 9.90 Å². The van der Waals surface area contributed by atoms with E-state index in [2.05, 4.69) is 26.1 Å². The predicted octanol–water partition coefficient (Wildman–Crippen LogP) is 4.04. The standard InChI is InChI=1S/C17H35NO2/c1-5-6-7-8-9-10-11-12-16(19)18-14-17(4,20)13-15(2)3/h15,20H,5-14H2,1-4H3,(H,18,19). The maximum atomic E-state index is 11.7. The van der Waals surface area contributed by atoms with Crippen molar-refractivity contribution in [1.82, 2.24) is 5.32 Å². The molecule has 1 amide bonds. The predicted molar refractivity (Wildman–Crippen MR) is 85.7 cm³/mol. The zero-order valence-corrected chi connectivity index (χ0v) is 14.0. The van der Waals surface area contributed by atoms with Gasteiger partial charge in [0.15, 0.2) is 0 Å². The molecule has 3 nitrogen and oxygen atoms in total. The Hall–Kier alpha value is -0.570. The van der Waals surface area contributed by atoms with Gasteiger partial charge in [-0.1, -0.05) is 59.3 Å². The van der Waals surface area contributed by atoms with Crippen molar-refractivity contribution in [2.45, 2.75) is 91.1 Å². The first-order chi connectivity index (χ1) is 9.37. The van der Waals surface area contributed by atoms with Gasteiger partial charge in [0.2, 0.25) is 5.91 Å².